The molecule has 4 aliphatic rings. The zero-order chi connectivity index (χ0) is 21.0. The number of hydrogen-bond donors (Lipinski definition) is 1. The van der Waals surface area contributed by atoms with E-state index in [9.17, 15) is 18.0 Å². The van der Waals surface area contributed by atoms with E-state index in [4.69, 9.17) is 19.5 Å². The van der Waals surface area contributed by atoms with Crippen LogP contribution in [0.25, 0.3) is 0 Å². The van der Waals surface area contributed by atoms with E-state index in [1.165, 1.54) is 38.8 Å². The number of aliphatic carboxylic acids is 1. The van der Waals surface area contributed by atoms with Crippen LogP contribution in [0, 0.1) is 11.8 Å². The highest BCUT2D eigenvalue weighted by Gasteiger charge is 2.43. The molecule has 0 aromatic carbocycles. The third-order valence-electron chi connectivity index (χ3n) is 6.32. The molecule has 1 aliphatic carbocycles. The lowest BCUT2D eigenvalue weighted by molar-refractivity contribution is -0.199. The molecule has 3 aliphatic heterocycles. The van der Waals surface area contributed by atoms with E-state index >= 15 is 0 Å². The molecular formula is C19H29F3N2O5. The van der Waals surface area contributed by atoms with Crippen LogP contribution in [0.2, 0.25) is 0 Å². The second-order valence-electron chi connectivity index (χ2n) is 8.21. The molecule has 3 atom stereocenters. The first-order chi connectivity index (χ1) is 13.8. The summed E-state index contributed by atoms with van der Waals surface area (Å²) in [5.74, 6) is -1.43. The Morgan fingerprint density at radius 3 is 2.34 bits per heavy atom. The topological polar surface area (TPSA) is 79.3 Å². The quantitative estimate of drug-likeness (QED) is 0.753. The third kappa shape index (κ3) is 5.82. The van der Waals surface area contributed by atoms with Gasteiger partial charge in [0.25, 0.3) is 0 Å². The van der Waals surface area contributed by atoms with Gasteiger partial charge >= 0.3 is 12.1 Å². The highest BCUT2D eigenvalue weighted by atomic mass is 19.4. The Labute approximate surface area is 168 Å². The van der Waals surface area contributed by atoms with E-state index in [2.05, 4.69) is 4.90 Å². The molecule has 0 spiro atoms. The molecule has 0 unspecified atom stereocenters. The largest absolute Gasteiger partial charge is 0.490 e. The van der Waals surface area contributed by atoms with Crippen LogP contribution in [0.15, 0.2) is 0 Å². The summed E-state index contributed by atoms with van der Waals surface area (Å²) in [6, 6.07) is 0.836. The maximum atomic E-state index is 12.4. The molecule has 10 heteroatoms. The standard InChI is InChI=1S/C17H28N2O3.C2HF3O2/c20-17(19-7-1-2-9-22-19)10-16-15-6-8-18(14-4-3-5-14)11-13(15)12-21-16;3-2(4,5)1(6)7/h13-16H,1-12H2;(H,6,7)/t13-,15-,16+;/m1./s1. The Kier molecular flexibility index (Phi) is 7.39. The number of fused-ring (bicyclic) bond motifs is 1. The van der Waals surface area contributed by atoms with Crippen molar-refractivity contribution in [1.82, 2.24) is 9.96 Å². The van der Waals surface area contributed by atoms with Crippen LogP contribution < -0.4 is 0 Å². The first kappa shape index (κ1) is 22.3. The normalized spacial score (nSPS) is 30.7. The number of nitrogens with zero attached hydrogens (tertiary/aromatic N) is 2. The van der Waals surface area contributed by atoms with Gasteiger partial charge in [-0.15, -0.1) is 0 Å². The fourth-order valence-electron chi connectivity index (χ4n) is 4.48. The van der Waals surface area contributed by atoms with Crippen molar-refractivity contribution in [3.63, 3.8) is 0 Å². The smallest absolute Gasteiger partial charge is 0.475 e. The number of likely N-dealkylation sites (tertiary alicyclic amines) is 1. The maximum absolute atomic E-state index is 12.4. The lowest BCUT2D eigenvalue weighted by atomic mass is 9.80. The highest BCUT2D eigenvalue weighted by molar-refractivity contribution is 5.75. The molecule has 0 aromatic heterocycles. The van der Waals surface area contributed by atoms with Gasteiger partial charge in [0.2, 0.25) is 5.91 Å². The van der Waals surface area contributed by atoms with E-state index in [1.54, 1.807) is 5.06 Å². The molecule has 4 rings (SSSR count). The van der Waals surface area contributed by atoms with Gasteiger partial charge < -0.3 is 14.7 Å². The lowest BCUT2D eigenvalue weighted by Crippen LogP contribution is -2.49. The summed E-state index contributed by atoms with van der Waals surface area (Å²) < 4.78 is 37.7. The Morgan fingerprint density at radius 2 is 1.79 bits per heavy atom. The third-order valence-corrected chi connectivity index (χ3v) is 6.32. The predicted octanol–water partition coefficient (Wildman–Crippen LogP) is 2.45. The lowest BCUT2D eigenvalue weighted by Gasteiger charge is -2.43. The first-order valence-corrected chi connectivity index (χ1v) is 10.3. The summed E-state index contributed by atoms with van der Waals surface area (Å²) in [4.78, 5) is 29.4. The number of hydroxylamine groups is 2. The molecule has 0 aromatic rings. The van der Waals surface area contributed by atoms with E-state index in [-0.39, 0.29) is 12.0 Å². The van der Waals surface area contributed by atoms with Crippen LogP contribution in [0.1, 0.15) is 44.9 Å². The predicted molar refractivity (Wildman–Crippen MR) is 95.8 cm³/mol. The zero-order valence-corrected chi connectivity index (χ0v) is 16.4. The molecule has 1 N–H and O–H groups in total. The molecule has 3 heterocycles. The summed E-state index contributed by atoms with van der Waals surface area (Å²) >= 11 is 0. The second kappa shape index (κ2) is 9.61. The molecule has 0 bridgehead atoms. The van der Waals surface area contributed by atoms with Crippen LogP contribution in [0.3, 0.4) is 0 Å². The Morgan fingerprint density at radius 1 is 1.07 bits per heavy atom. The van der Waals surface area contributed by atoms with Crippen molar-refractivity contribution < 1.29 is 37.4 Å². The molecule has 166 valence electrons. The van der Waals surface area contributed by atoms with E-state index in [0.29, 0.717) is 24.9 Å². The van der Waals surface area contributed by atoms with Crippen LogP contribution in [0.4, 0.5) is 13.2 Å². The van der Waals surface area contributed by atoms with Crippen LogP contribution in [0.5, 0.6) is 0 Å². The fraction of sp³-hybridized carbons (Fsp3) is 0.895. The summed E-state index contributed by atoms with van der Waals surface area (Å²) in [5.41, 5.74) is 0. The fourth-order valence-corrected chi connectivity index (χ4v) is 4.48. The van der Waals surface area contributed by atoms with Crippen LogP contribution in [-0.4, -0.2) is 78.1 Å². The molecule has 1 saturated carbocycles. The molecule has 3 saturated heterocycles. The minimum absolute atomic E-state index is 0.117. The number of ether oxygens (including phenoxy) is 1. The Balaban J connectivity index is 0.000000298. The van der Waals surface area contributed by atoms with Crippen molar-refractivity contribution in [3.8, 4) is 0 Å². The monoisotopic (exact) mass is 422 g/mol. The molecule has 4 fully saturated rings. The molecular weight excluding hydrogens is 393 g/mol. The number of rotatable bonds is 3. The van der Waals surface area contributed by atoms with E-state index < -0.39 is 12.1 Å². The highest BCUT2D eigenvalue weighted by Crippen LogP contribution is 2.39. The van der Waals surface area contributed by atoms with Gasteiger partial charge in [-0.05, 0) is 44.6 Å². The van der Waals surface area contributed by atoms with Gasteiger partial charge in [-0.3, -0.25) is 9.63 Å². The molecule has 7 nitrogen and oxygen atoms in total. The summed E-state index contributed by atoms with van der Waals surface area (Å²) in [5, 5.41) is 8.70. The van der Waals surface area contributed by atoms with Gasteiger partial charge in [0.05, 0.1) is 25.7 Å². The van der Waals surface area contributed by atoms with Crippen molar-refractivity contribution in [1.29, 1.82) is 0 Å². The zero-order valence-electron chi connectivity index (χ0n) is 16.4. The SMILES string of the molecule is O=C(C[C@@H]1OC[C@H]2CN(C3CCC3)CC[C@H]21)N1CCCCO1.O=C(O)C(F)(F)F. The number of halogens is 3. The summed E-state index contributed by atoms with van der Waals surface area (Å²) in [6.45, 7) is 4.64. The van der Waals surface area contributed by atoms with Crippen molar-refractivity contribution >= 4 is 11.9 Å². The molecule has 29 heavy (non-hydrogen) atoms. The maximum Gasteiger partial charge on any atom is 0.490 e. The number of alkyl halides is 3. The van der Waals surface area contributed by atoms with Crippen molar-refractivity contribution in [3.05, 3.63) is 0 Å². The van der Waals surface area contributed by atoms with Gasteiger partial charge in [-0.1, -0.05) is 6.42 Å². The first-order valence-electron chi connectivity index (χ1n) is 10.3. The van der Waals surface area contributed by atoms with Gasteiger partial charge in [-0.2, -0.15) is 13.2 Å². The van der Waals surface area contributed by atoms with Gasteiger partial charge in [0, 0.05) is 25.0 Å². The average molecular weight is 422 g/mol. The van der Waals surface area contributed by atoms with Gasteiger partial charge in [0.1, 0.15) is 0 Å². The van der Waals surface area contributed by atoms with Crippen molar-refractivity contribution in [2.75, 3.05) is 32.8 Å². The van der Waals surface area contributed by atoms with Crippen molar-refractivity contribution in [2.45, 2.75) is 63.3 Å². The van der Waals surface area contributed by atoms with E-state index in [0.717, 1.165) is 32.0 Å². The number of carboxylic acid groups (broad SMARTS) is 1. The molecule has 1 amide bonds. The van der Waals surface area contributed by atoms with Crippen LogP contribution in [-0.2, 0) is 19.2 Å². The van der Waals surface area contributed by atoms with Gasteiger partial charge in [0.15, 0.2) is 0 Å². The Hall–Kier alpha value is -1.39. The molecule has 0 radical (unpaired) electrons. The minimum atomic E-state index is -5.08. The number of hydrogen-bond acceptors (Lipinski definition) is 5. The summed E-state index contributed by atoms with van der Waals surface area (Å²) in [7, 11) is 0. The number of amides is 1. The number of piperidine rings is 1. The van der Waals surface area contributed by atoms with E-state index in [1.807, 2.05) is 0 Å². The second-order valence-corrected chi connectivity index (χ2v) is 8.21. The van der Waals surface area contributed by atoms with Gasteiger partial charge in [-0.25, -0.2) is 9.86 Å². The minimum Gasteiger partial charge on any atom is -0.475 e. The van der Waals surface area contributed by atoms with Crippen molar-refractivity contribution in [2.24, 2.45) is 11.8 Å². The number of carbonyl (C=O) groups excluding carboxylic acids is 1. The van der Waals surface area contributed by atoms with Crippen LogP contribution >= 0.6 is 0 Å². The summed E-state index contributed by atoms with van der Waals surface area (Å²) in [6.07, 6.45) is 3.01. The number of carbonyl (C=O) groups is 2. The number of carboxylic acids is 1. The average Bonchev–Trinajstić information content (AvgIpc) is 3.03. The Bertz CT molecular complexity index is 579.